The van der Waals surface area contributed by atoms with Crippen molar-refractivity contribution in [3.8, 4) is 5.75 Å². The smallest absolute Gasteiger partial charge is 0.270 e. The fourth-order valence-corrected chi connectivity index (χ4v) is 1.82. The summed E-state index contributed by atoms with van der Waals surface area (Å²) in [5, 5.41) is 10.8. The first-order chi connectivity index (χ1) is 9.13. The second-order valence-electron chi connectivity index (χ2n) is 3.95. The Hall–Kier alpha value is -2.47. The Morgan fingerprint density at radius 1 is 1.42 bits per heavy atom. The molecule has 0 amide bonds. The van der Waals surface area contributed by atoms with Crippen LogP contribution in [0.4, 0.5) is 5.69 Å². The Morgan fingerprint density at radius 3 is 2.79 bits per heavy atom. The lowest BCUT2D eigenvalue weighted by molar-refractivity contribution is -0.384. The third-order valence-corrected chi connectivity index (χ3v) is 2.80. The number of aromatic nitrogens is 1. The van der Waals surface area contributed by atoms with Crippen LogP contribution in [-0.2, 0) is 0 Å². The summed E-state index contributed by atoms with van der Waals surface area (Å²) in [6, 6.07) is 7.41. The van der Waals surface area contributed by atoms with Gasteiger partial charge in [-0.15, -0.1) is 0 Å². The first-order valence-electron chi connectivity index (χ1n) is 5.61. The van der Waals surface area contributed by atoms with Crippen LogP contribution in [-0.4, -0.2) is 17.0 Å². The number of nitro benzene ring substituents is 1. The molecule has 0 spiro atoms. The number of nitrogens with two attached hydrogens (primary N) is 1. The molecule has 0 aliphatic heterocycles. The normalized spacial score (nSPS) is 11.9. The summed E-state index contributed by atoms with van der Waals surface area (Å²) >= 11 is 0. The highest BCUT2D eigenvalue weighted by Gasteiger charge is 2.18. The van der Waals surface area contributed by atoms with Gasteiger partial charge in [-0.3, -0.25) is 15.1 Å². The number of hydrogen-bond donors (Lipinski definition) is 1. The SMILES string of the molecule is COc1ccc([N+](=O)[O-])cc1C(N)c1cccnc1. The predicted octanol–water partition coefficient (Wildman–Crippen LogP) is 2.05. The van der Waals surface area contributed by atoms with E-state index in [1.54, 1.807) is 24.5 Å². The summed E-state index contributed by atoms with van der Waals surface area (Å²) in [7, 11) is 1.50. The van der Waals surface area contributed by atoms with Gasteiger partial charge in [-0.05, 0) is 17.7 Å². The highest BCUT2D eigenvalue weighted by atomic mass is 16.6. The average Bonchev–Trinajstić information content (AvgIpc) is 2.46. The van der Waals surface area contributed by atoms with E-state index in [0.29, 0.717) is 11.3 Å². The molecule has 19 heavy (non-hydrogen) atoms. The first-order valence-corrected chi connectivity index (χ1v) is 5.61. The van der Waals surface area contributed by atoms with Gasteiger partial charge in [0.15, 0.2) is 0 Å². The molecular formula is C13H13N3O3. The quantitative estimate of drug-likeness (QED) is 0.670. The van der Waals surface area contributed by atoms with Crippen LogP contribution < -0.4 is 10.5 Å². The summed E-state index contributed by atoms with van der Waals surface area (Å²) in [6.07, 6.45) is 3.27. The van der Waals surface area contributed by atoms with Gasteiger partial charge in [0.25, 0.3) is 5.69 Å². The number of hydrogen-bond acceptors (Lipinski definition) is 5. The van der Waals surface area contributed by atoms with Crippen LogP contribution >= 0.6 is 0 Å². The summed E-state index contributed by atoms with van der Waals surface area (Å²) in [6.45, 7) is 0. The van der Waals surface area contributed by atoms with E-state index >= 15 is 0 Å². The van der Waals surface area contributed by atoms with Crippen molar-refractivity contribution in [3.05, 3.63) is 64.0 Å². The number of nitrogens with zero attached hydrogens (tertiary/aromatic N) is 2. The Balaban J connectivity index is 2.47. The fraction of sp³-hybridized carbons (Fsp3) is 0.154. The Bertz CT molecular complexity index is 587. The second kappa shape index (κ2) is 5.45. The van der Waals surface area contributed by atoms with Gasteiger partial charge in [0, 0.05) is 30.1 Å². The van der Waals surface area contributed by atoms with E-state index in [0.717, 1.165) is 5.56 Å². The minimum Gasteiger partial charge on any atom is -0.496 e. The third-order valence-electron chi connectivity index (χ3n) is 2.80. The lowest BCUT2D eigenvalue weighted by atomic mass is 9.99. The monoisotopic (exact) mass is 259 g/mol. The molecule has 2 rings (SSSR count). The van der Waals surface area contributed by atoms with Gasteiger partial charge in [0.05, 0.1) is 18.1 Å². The lowest BCUT2D eigenvalue weighted by Gasteiger charge is -2.15. The number of benzene rings is 1. The molecule has 1 atom stereocenters. The van der Waals surface area contributed by atoms with Crippen molar-refractivity contribution in [3.63, 3.8) is 0 Å². The van der Waals surface area contributed by atoms with Gasteiger partial charge in [-0.1, -0.05) is 6.07 Å². The first kappa shape index (κ1) is 13.0. The molecule has 0 saturated heterocycles. The van der Waals surface area contributed by atoms with E-state index in [1.165, 1.54) is 19.2 Å². The molecule has 0 aliphatic carbocycles. The molecule has 1 aromatic carbocycles. The van der Waals surface area contributed by atoms with Crippen LogP contribution in [0.25, 0.3) is 0 Å². The average molecular weight is 259 g/mol. The molecule has 6 nitrogen and oxygen atoms in total. The number of ether oxygens (including phenoxy) is 1. The molecular weight excluding hydrogens is 246 g/mol. The lowest BCUT2D eigenvalue weighted by Crippen LogP contribution is -2.13. The Morgan fingerprint density at radius 2 is 2.21 bits per heavy atom. The van der Waals surface area contributed by atoms with Crippen molar-refractivity contribution in [2.24, 2.45) is 5.73 Å². The minimum absolute atomic E-state index is 0.0184. The molecule has 0 radical (unpaired) electrons. The van der Waals surface area contributed by atoms with Crippen LogP contribution in [0.2, 0.25) is 0 Å². The Kier molecular flexibility index (Phi) is 3.72. The standard InChI is InChI=1S/C13H13N3O3/c1-19-12-5-4-10(16(17)18)7-11(12)13(14)9-3-2-6-15-8-9/h2-8,13H,14H2,1H3. The Labute approximate surface area is 110 Å². The predicted molar refractivity (Wildman–Crippen MR) is 69.9 cm³/mol. The molecule has 0 aliphatic rings. The zero-order chi connectivity index (χ0) is 13.8. The van der Waals surface area contributed by atoms with E-state index < -0.39 is 11.0 Å². The molecule has 0 bridgehead atoms. The third kappa shape index (κ3) is 2.69. The number of rotatable bonds is 4. The summed E-state index contributed by atoms with van der Waals surface area (Å²) in [4.78, 5) is 14.4. The van der Waals surface area contributed by atoms with Gasteiger partial charge in [0.2, 0.25) is 0 Å². The highest BCUT2D eigenvalue weighted by Crippen LogP contribution is 2.31. The van der Waals surface area contributed by atoms with Crippen LogP contribution in [0.1, 0.15) is 17.2 Å². The molecule has 0 fully saturated rings. The van der Waals surface area contributed by atoms with E-state index in [2.05, 4.69) is 4.98 Å². The van der Waals surface area contributed by atoms with Gasteiger partial charge in [-0.2, -0.15) is 0 Å². The van der Waals surface area contributed by atoms with Crippen LogP contribution in [0.3, 0.4) is 0 Å². The zero-order valence-corrected chi connectivity index (χ0v) is 10.3. The van der Waals surface area contributed by atoms with Crippen LogP contribution in [0.5, 0.6) is 5.75 Å². The van der Waals surface area contributed by atoms with Gasteiger partial charge >= 0.3 is 0 Å². The number of pyridine rings is 1. The van der Waals surface area contributed by atoms with Gasteiger partial charge in [-0.25, -0.2) is 0 Å². The summed E-state index contributed by atoms with van der Waals surface area (Å²) in [5.74, 6) is 0.516. The van der Waals surface area contributed by atoms with Crippen molar-refractivity contribution < 1.29 is 9.66 Å². The van der Waals surface area contributed by atoms with E-state index in [-0.39, 0.29) is 5.69 Å². The molecule has 98 valence electrons. The van der Waals surface area contributed by atoms with E-state index in [9.17, 15) is 10.1 Å². The topological polar surface area (TPSA) is 91.3 Å². The maximum atomic E-state index is 10.8. The largest absolute Gasteiger partial charge is 0.496 e. The zero-order valence-electron chi connectivity index (χ0n) is 10.3. The minimum atomic E-state index is -0.524. The van der Waals surface area contributed by atoms with E-state index in [4.69, 9.17) is 10.5 Å². The van der Waals surface area contributed by atoms with Crippen molar-refractivity contribution >= 4 is 5.69 Å². The molecule has 2 N–H and O–H groups in total. The number of nitro groups is 1. The molecule has 1 aromatic heterocycles. The van der Waals surface area contributed by atoms with Gasteiger partial charge in [0.1, 0.15) is 5.75 Å². The van der Waals surface area contributed by atoms with Crippen molar-refractivity contribution in [2.75, 3.05) is 7.11 Å². The summed E-state index contributed by atoms with van der Waals surface area (Å²) in [5.41, 5.74) is 7.43. The molecule has 2 aromatic rings. The molecule has 6 heteroatoms. The van der Waals surface area contributed by atoms with Crippen molar-refractivity contribution in [1.29, 1.82) is 0 Å². The van der Waals surface area contributed by atoms with E-state index in [1.807, 2.05) is 6.07 Å². The molecule has 0 saturated carbocycles. The second-order valence-corrected chi connectivity index (χ2v) is 3.95. The van der Waals surface area contributed by atoms with Gasteiger partial charge < -0.3 is 10.5 Å². The maximum Gasteiger partial charge on any atom is 0.270 e. The van der Waals surface area contributed by atoms with Crippen LogP contribution in [0, 0.1) is 10.1 Å². The fourth-order valence-electron chi connectivity index (χ4n) is 1.82. The molecule has 1 heterocycles. The highest BCUT2D eigenvalue weighted by molar-refractivity contribution is 5.48. The molecule has 1 unspecified atom stereocenters. The maximum absolute atomic E-state index is 10.8. The van der Waals surface area contributed by atoms with Crippen molar-refractivity contribution in [1.82, 2.24) is 4.98 Å². The van der Waals surface area contributed by atoms with Crippen molar-refractivity contribution in [2.45, 2.75) is 6.04 Å². The number of methoxy groups -OCH3 is 1. The van der Waals surface area contributed by atoms with Crippen LogP contribution in [0.15, 0.2) is 42.7 Å². The summed E-state index contributed by atoms with van der Waals surface area (Å²) < 4.78 is 5.20. The number of non-ortho nitro benzene ring substituents is 1.